The molecule has 3 heteroatoms. The second kappa shape index (κ2) is 7.85. The van der Waals surface area contributed by atoms with E-state index in [9.17, 15) is 0 Å². The van der Waals surface area contributed by atoms with Gasteiger partial charge in [-0.25, -0.2) is 0 Å². The predicted octanol–water partition coefficient (Wildman–Crippen LogP) is 3.26. The van der Waals surface area contributed by atoms with Crippen LogP contribution in [-0.2, 0) is 17.6 Å². The van der Waals surface area contributed by atoms with Crippen molar-refractivity contribution in [2.45, 2.75) is 51.7 Å². The molecule has 0 fully saturated rings. The lowest BCUT2D eigenvalue weighted by molar-refractivity contribution is 0.0635. The molecule has 1 aromatic rings. The summed E-state index contributed by atoms with van der Waals surface area (Å²) in [6, 6.07) is 4.92. The highest BCUT2D eigenvalue weighted by molar-refractivity contribution is 7.11. The van der Waals surface area contributed by atoms with Gasteiger partial charge < -0.3 is 10.1 Å². The quantitative estimate of drug-likeness (QED) is 0.770. The molecule has 2 atom stereocenters. The second-order valence-corrected chi connectivity index (χ2v) is 5.64. The normalized spacial score (nSPS) is 14.8. The van der Waals surface area contributed by atoms with Crippen molar-refractivity contribution in [2.75, 3.05) is 14.2 Å². The average molecular weight is 255 g/mol. The largest absolute Gasteiger partial charge is 0.380 e. The van der Waals surface area contributed by atoms with E-state index >= 15 is 0 Å². The molecule has 0 spiro atoms. The molecule has 1 rings (SSSR count). The second-order valence-electron chi connectivity index (χ2n) is 4.38. The molecule has 2 nitrogen and oxygen atoms in total. The molecule has 1 heterocycles. The molecule has 0 saturated carbocycles. The van der Waals surface area contributed by atoms with Crippen molar-refractivity contribution in [3.63, 3.8) is 0 Å². The monoisotopic (exact) mass is 255 g/mol. The van der Waals surface area contributed by atoms with Gasteiger partial charge in [0.1, 0.15) is 0 Å². The molecule has 0 aromatic carbocycles. The summed E-state index contributed by atoms with van der Waals surface area (Å²) in [5.74, 6) is 0. The van der Waals surface area contributed by atoms with E-state index in [4.69, 9.17) is 4.74 Å². The van der Waals surface area contributed by atoms with Crippen molar-refractivity contribution >= 4 is 11.3 Å². The van der Waals surface area contributed by atoms with Gasteiger partial charge in [0.2, 0.25) is 0 Å². The smallest absolute Gasteiger partial charge is 0.0727 e. The van der Waals surface area contributed by atoms with E-state index in [-0.39, 0.29) is 0 Å². The maximum absolute atomic E-state index is 5.59. The summed E-state index contributed by atoms with van der Waals surface area (Å²) < 4.78 is 5.59. The van der Waals surface area contributed by atoms with E-state index in [2.05, 4.69) is 31.3 Å². The zero-order valence-corrected chi connectivity index (χ0v) is 12.3. The van der Waals surface area contributed by atoms with Crippen LogP contribution in [0.5, 0.6) is 0 Å². The molecule has 0 amide bonds. The number of likely N-dealkylation sites (N-methyl/N-ethyl adjacent to an activating group) is 1. The predicted molar refractivity (Wildman–Crippen MR) is 76.0 cm³/mol. The van der Waals surface area contributed by atoms with Gasteiger partial charge in [-0.15, -0.1) is 11.3 Å². The van der Waals surface area contributed by atoms with Gasteiger partial charge in [-0.1, -0.05) is 20.3 Å². The first-order valence-electron chi connectivity index (χ1n) is 6.52. The lowest BCUT2D eigenvalue weighted by atomic mass is 10.0. The maximum atomic E-state index is 5.59. The van der Waals surface area contributed by atoms with E-state index in [1.165, 1.54) is 16.2 Å². The van der Waals surface area contributed by atoms with Gasteiger partial charge in [0.15, 0.2) is 0 Å². The zero-order valence-electron chi connectivity index (χ0n) is 11.5. The molecule has 1 aromatic heterocycles. The van der Waals surface area contributed by atoms with Gasteiger partial charge in [0, 0.05) is 22.9 Å². The Morgan fingerprint density at radius 1 is 1.29 bits per heavy atom. The number of hydrogen-bond donors (Lipinski definition) is 1. The molecule has 0 bridgehead atoms. The van der Waals surface area contributed by atoms with Crippen molar-refractivity contribution in [3.8, 4) is 0 Å². The Morgan fingerprint density at radius 2 is 2.00 bits per heavy atom. The summed E-state index contributed by atoms with van der Waals surface area (Å²) in [7, 11) is 3.84. The summed E-state index contributed by atoms with van der Waals surface area (Å²) >= 11 is 1.93. The van der Waals surface area contributed by atoms with Crippen LogP contribution >= 0.6 is 11.3 Å². The Kier molecular flexibility index (Phi) is 6.78. The van der Waals surface area contributed by atoms with Crippen LogP contribution in [0.3, 0.4) is 0 Å². The first kappa shape index (κ1) is 14.7. The van der Waals surface area contributed by atoms with Gasteiger partial charge >= 0.3 is 0 Å². The minimum Gasteiger partial charge on any atom is -0.380 e. The van der Waals surface area contributed by atoms with Crippen LogP contribution in [0.15, 0.2) is 12.1 Å². The lowest BCUT2D eigenvalue weighted by Gasteiger charge is -2.25. The van der Waals surface area contributed by atoms with Gasteiger partial charge in [0.05, 0.1) is 6.10 Å². The third-order valence-corrected chi connectivity index (χ3v) is 4.43. The standard InChI is InChI=1S/C14H25NOS/c1-5-7-14(16-4)13(15-3)10-12-9-8-11(6-2)17-12/h8-9,13-15H,5-7,10H2,1-4H3. The molecular formula is C14H25NOS. The molecule has 0 radical (unpaired) electrons. The molecular weight excluding hydrogens is 230 g/mol. The van der Waals surface area contributed by atoms with Gasteiger partial charge in [-0.2, -0.15) is 0 Å². The van der Waals surface area contributed by atoms with Crippen LogP contribution in [0.25, 0.3) is 0 Å². The third kappa shape index (κ3) is 4.41. The highest BCUT2D eigenvalue weighted by Crippen LogP contribution is 2.20. The van der Waals surface area contributed by atoms with Gasteiger partial charge in [-0.05, 0) is 38.4 Å². The van der Waals surface area contributed by atoms with Crippen LogP contribution in [-0.4, -0.2) is 26.3 Å². The van der Waals surface area contributed by atoms with E-state index in [0.29, 0.717) is 12.1 Å². The van der Waals surface area contributed by atoms with Gasteiger partial charge in [0.25, 0.3) is 0 Å². The Labute approximate surface area is 109 Å². The lowest BCUT2D eigenvalue weighted by Crippen LogP contribution is -2.40. The fourth-order valence-electron chi connectivity index (χ4n) is 2.13. The first-order chi connectivity index (χ1) is 8.24. The maximum Gasteiger partial charge on any atom is 0.0727 e. The molecule has 0 aliphatic carbocycles. The number of rotatable bonds is 8. The number of hydrogen-bond acceptors (Lipinski definition) is 3. The number of ether oxygens (including phenoxy) is 1. The topological polar surface area (TPSA) is 21.3 Å². The molecule has 98 valence electrons. The van der Waals surface area contributed by atoms with E-state index < -0.39 is 0 Å². The van der Waals surface area contributed by atoms with Gasteiger partial charge in [-0.3, -0.25) is 0 Å². The van der Waals surface area contributed by atoms with Crippen molar-refractivity contribution in [2.24, 2.45) is 0 Å². The molecule has 0 saturated heterocycles. The van der Waals surface area contributed by atoms with Crippen LogP contribution in [0, 0.1) is 0 Å². The molecule has 17 heavy (non-hydrogen) atoms. The highest BCUT2D eigenvalue weighted by atomic mass is 32.1. The van der Waals surface area contributed by atoms with Crippen molar-refractivity contribution in [1.29, 1.82) is 0 Å². The number of nitrogens with one attached hydrogen (secondary N) is 1. The van der Waals surface area contributed by atoms with Crippen LogP contribution in [0.1, 0.15) is 36.4 Å². The van der Waals surface area contributed by atoms with E-state index in [1.54, 1.807) is 0 Å². The van der Waals surface area contributed by atoms with Crippen LogP contribution < -0.4 is 5.32 Å². The average Bonchev–Trinajstić information content (AvgIpc) is 2.81. The van der Waals surface area contributed by atoms with E-state index in [0.717, 1.165) is 19.3 Å². The Balaban J connectivity index is 2.61. The molecule has 0 aliphatic rings. The van der Waals surface area contributed by atoms with Crippen LogP contribution in [0.2, 0.25) is 0 Å². The van der Waals surface area contributed by atoms with E-state index in [1.807, 2.05) is 25.5 Å². The summed E-state index contributed by atoms with van der Waals surface area (Å²) in [6.45, 7) is 4.42. The first-order valence-corrected chi connectivity index (χ1v) is 7.34. The Bertz CT molecular complexity index is 311. The Morgan fingerprint density at radius 3 is 2.47 bits per heavy atom. The zero-order chi connectivity index (χ0) is 12.7. The minimum atomic E-state index is 0.317. The number of methoxy groups -OCH3 is 1. The molecule has 1 N–H and O–H groups in total. The third-order valence-electron chi connectivity index (χ3n) is 3.18. The number of aryl methyl sites for hydroxylation is 1. The summed E-state index contributed by atoms with van der Waals surface area (Å²) in [4.78, 5) is 2.93. The van der Waals surface area contributed by atoms with Crippen LogP contribution in [0.4, 0.5) is 0 Å². The summed E-state index contributed by atoms with van der Waals surface area (Å²) in [6.07, 6.45) is 4.81. The van der Waals surface area contributed by atoms with Crippen molar-refractivity contribution < 1.29 is 4.74 Å². The summed E-state index contributed by atoms with van der Waals surface area (Å²) in [5, 5.41) is 3.40. The fraction of sp³-hybridized carbons (Fsp3) is 0.714. The highest BCUT2D eigenvalue weighted by Gasteiger charge is 2.19. The van der Waals surface area contributed by atoms with Crippen molar-refractivity contribution in [1.82, 2.24) is 5.32 Å². The fourth-order valence-corrected chi connectivity index (χ4v) is 3.14. The molecule has 0 aliphatic heterocycles. The summed E-state index contributed by atoms with van der Waals surface area (Å²) in [5.41, 5.74) is 0. The SMILES string of the molecule is CCCC(OC)C(Cc1ccc(CC)s1)NC. The van der Waals surface area contributed by atoms with Crippen molar-refractivity contribution in [3.05, 3.63) is 21.9 Å². The minimum absolute atomic E-state index is 0.317. The number of thiophene rings is 1. The Hall–Kier alpha value is -0.380. The molecule has 2 unspecified atom stereocenters.